The number of piperidine rings is 1. The molecule has 9 nitrogen and oxygen atoms in total. The Morgan fingerprint density at radius 1 is 1.23 bits per heavy atom. The third-order valence-corrected chi connectivity index (χ3v) is 8.30. The van der Waals surface area contributed by atoms with Gasteiger partial charge in [0.15, 0.2) is 0 Å². The first kappa shape index (κ1) is 27.6. The van der Waals surface area contributed by atoms with Gasteiger partial charge >= 0.3 is 0 Å². The molecule has 0 aliphatic carbocycles. The summed E-state index contributed by atoms with van der Waals surface area (Å²) in [6.07, 6.45) is 4.47. The third kappa shape index (κ3) is 8.30. The van der Waals surface area contributed by atoms with Crippen LogP contribution in [0.3, 0.4) is 0 Å². The van der Waals surface area contributed by atoms with Crippen molar-refractivity contribution in [2.75, 3.05) is 26.2 Å². The molecule has 1 aromatic heterocycles. The molecule has 2 saturated heterocycles. The number of carbonyl (C=O) groups is 3. The van der Waals surface area contributed by atoms with Crippen molar-refractivity contribution in [2.45, 2.75) is 58.0 Å². The van der Waals surface area contributed by atoms with Crippen molar-refractivity contribution in [3.63, 3.8) is 0 Å². The zero-order valence-corrected chi connectivity index (χ0v) is 22.4. The summed E-state index contributed by atoms with van der Waals surface area (Å²) in [5.74, 6) is -0.355. The zero-order chi connectivity index (χ0) is 25.6. The van der Waals surface area contributed by atoms with E-state index in [9.17, 15) is 22.8 Å². The van der Waals surface area contributed by atoms with Crippen molar-refractivity contribution in [2.24, 2.45) is 5.92 Å². The number of sulfonamides is 1. The Bertz CT molecular complexity index is 1060. The topological polar surface area (TPSA) is 116 Å². The van der Waals surface area contributed by atoms with Crippen LogP contribution in [0.25, 0.3) is 6.08 Å². The maximum atomic E-state index is 13.0. The number of hydrogen-bond donors (Lipinski definition) is 2. The lowest BCUT2D eigenvalue weighted by atomic mass is 10.1. The van der Waals surface area contributed by atoms with Gasteiger partial charge in [0.25, 0.3) is 0 Å². The highest BCUT2D eigenvalue weighted by Gasteiger charge is 2.35. The second-order valence-electron chi connectivity index (χ2n) is 9.35. The van der Waals surface area contributed by atoms with Gasteiger partial charge in [-0.25, -0.2) is 8.42 Å². The average molecular weight is 545 g/mol. The van der Waals surface area contributed by atoms with E-state index in [1.54, 1.807) is 17.0 Å². The van der Waals surface area contributed by atoms with E-state index in [4.69, 9.17) is 11.6 Å². The van der Waals surface area contributed by atoms with E-state index >= 15 is 0 Å². The minimum atomic E-state index is -3.85. The predicted molar refractivity (Wildman–Crippen MR) is 137 cm³/mol. The van der Waals surface area contributed by atoms with E-state index < -0.39 is 22.0 Å². The van der Waals surface area contributed by atoms with Crippen LogP contribution in [0.2, 0.25) is 4.34 Å². The Labute approximate surface area is 215 Å². The first-order valence-electron chi connectivity index (χ1n) is 11.8. The molecule has 194 valence electrons. The van der Waals surface area contributed by atoms with Crippen LogP contribution in [-0.2, 0) is 24.4 Å². The highest BCUT2D eigenvalue weighted by Crippen LogP contribution is 2.23. The van der Waals surface area contributed by atoms with Gasteiger partial charge in [-0.15, -0.1) is 11.3 Å². The van der Waals surface area contributed by atoms with E-state index in [1.807, 2.05) is 13.8 Å². The molecule has 0 spiro atoms. The van der Waals surface area contributed by atoms with Crippen LogP contribution in [0.15, 0.2) is 17.5 Å². The highest BCUT2D eigenvalue weighted by molar-refractivity contribution is 7.92. The zero-order valence-electron chi connectivity index (χ0n) is 20.0. The van der Waals surface area contributed by atoms with E-state index in [0.29, 0.717) is 48.1 Å². The molecule has 2 aliphatic heterocycles. The number of hydrogen-bond acceptors (Lipinski definition) is 6. The summed E-state index contributed by atoms with van der Waals surface area (Å²) in [6.45, 7) is 5.23. The number of nitrogens with one attached hydrogen (secondary N) is 2. The SMILES string of the molecule is CC(C)CC(=O)NC[C@H]1CCCN1C(=O)CN1CCC[C@H](NS(=O)(=O)/C=C/c2ccc(Cl)s2)C1=O. The molecule has 0 unspecified atom stereocenters. The molecule has 0 radical (unpaired) electrons. The van der Waals surface area contributed by atoms with Gasteiger partial charge in [-0.3, -0.25) is 14.4 Å². The van der Waals surface area contributed by atoms with E-state index in [0.717, 1.165) is 18.2 Å². The molecule has 1 aromatic rings. The fraction of sp³-hybridized carbons (Fsp3) is 0.609. The van der Waals surface area contributed by atoms with Crippen molar-refractivity contribution in [3.05, 3.63) is 26.8 Å². The first-order valence-corrected chi connectivity index (χ1v) is 14.6. The van der Waals surface area contributed by atoms with E-state index in [1.165, 1.54) is 22.3 Å². The molecule has 2 atom stereocenters. The second-order valence-corrected chi connectivity index (χ2v) is 12.7. The summed E-state index contributed by atoms with van der Waals surface area (Å²) in [4.78, 5) is 41.8. The summed E-state index contributed by atoms with van der Waals surface area (Å²) in [7, 11) is -3.85. The number of thiophene rings is 1. The quantitative estimate of drug-likeness (QED) is 0.469. The van der Waals surface area contributed by atoms with Gasteiger partial charge in [-0.1, -0.05) is 25.4 Å². The van der Waals surface area contributed by atoms with Crippen LogP contribution in [0, 0.1) is 5.92 Å². The molecule has 3 rings (SSSR count). The lowest BCUT2D eigenvalue weighted by Crippen LogP contribution is -2.55. The van der Waals surface area contributed by atoms with Crippen LogP contribution in [0.5, 0.6) is 0 Å². The van der Waals surface area contributed by atoms with E-state index in [2.05, 4.69) is 10.0 Å². The molecule has 2 aliphatic rings. The third-order valence-electron chi connectivity index (χ3n) is 5.99. The van der Waals surface area contributed by atoms with Gasteiger partial charge in [-0.2, -0.15) is 4.72 Å². The molecule has 0 bridgehead atoms. The highest BCUT2D eigenvalue weighted by atomic mass is 35.5. The summed E-state index contributed by atoms with van der Waals surface area (Å²) >= 11 is 7.12. The Morgan fingerprint density at radius 3 is 2.66 bits per heavy atom. The van der Waals surface area contributed by atoms with Crippen molar-refractivity contribution >= 4 is 56.8 Å². The fourth-order valence-corrected chi connectivity index (χ4v) is 6.39. The summed E-state index contributed by atoms with van der Waals surface area (Å²) < 4.78 is 28.0. The van der Waals surface area contributed by atoms with Crippen molar-refractivity contribution in [3.8, 4) is 0 Å². The number of likely N-dealkylation sites (tertiary alicyclic amines) is 2. The lowest BCUT2D eigenvalue weighted by molar-refractivity contribution is -0.143. The van der Waals surface area contributed by atoms with Gasteiger partial charge in [0.1, 0.15) is 6.04 Å². The number of halogens is 1. The summed E-state index contributed by atoms with van der Waals surface area (Å²) in [5.41, 5.74) is 0. The average Bonchev–Trinajstić information content (AvgIpc) is 3.42. The summed E-state index contributed by atoms with van der Waals surface area (Å²) in [6, 6.07) is 2.38. The van der Waals surface area contributed by atoms with Crippen LogP contribution in [0.4, 0.5) is 0 Å². The maximum Gasteiger partial charge on any atom is 0.242 e. The molecule has 2 fully saturated rings. The normalized spacial score (nSPS) is 21.3. The van der Waals surface area contributed by atoms with Crippen LogP contribution >= 0.6 is 22.9 Å². The van der Waals surface area contributed by atoms with Crippen molar-refractivity contribution in [1.82, 2.24) is 19.8 Å². The van der Waals surface area contributed by atoms with Gasteiger partial charge in [0, 0.05) is 42.4 Å². The molecule has 3 heterocycles. The summed E-state index contributed by atoms with van der Waals surface area (Å²) in [5, 5.41) is 3.93. The number of carbonyl (C=O) groups excluding carboxylic acids is 3. The molecular weight excluding hydrogens is 512 g/mol. The van der Waals surface area contributed by atoms with Crippen molar-refractivity contribution in [1.29, 1.82) is 0 Å². The number of rotatable bonds is 10. The Balaban J connectivity index is 1.54. The molecule has 0 aromatic carbocycles. The van der Waals surface area contributed by atoms with Crippen LogP contribution in [-0.4, -0.2) is 74.2 Å². The first-order chi connectivity index (χ1) is 16.5. The Kier molecular flexibility index (Phi) is 9.74. The lowest BCUT2D eigenvalue weighted by Gasteiger charge is -2.34. The molecule has 3 amide bonds. The van der Waals surface area contributed by atoms with Crippen molar-refractivity contribution < 1.29 is 22.8 Å². The molecule has 12 heteroatoms. The molecule has 35 heavy (non-hydrogen) atoms. The monoisotopic (exact) mass is 544 g/mol. The van der Waals surface area contributed by atoms with Crippen LogP contribution in [0.1, 0.15) is 50.8 Å². The van der Waals surface area contributed by atoms with Gasteiger partial charge in [-0.05, 0) is 49.8 Å². The van der Waals surface area contributed by atoms with Gasteiger partial charge in [0.2, 0.25) is 27.7 Å². The minimum Gasteiger partial charge on any atom is -0.354 e. The van der Waals surface area contributed by atoms with Gasteiger partial charge < -0.3 is 15.1 Å². The molecular formula is C23H33ClN4O5S2. The van der Waals surface area contributed by atoms with Crippen LogP contribution < -0.4 is 10.0 Å². The Morgan fingerprint density at radius 2 is 1.97 bits per heavy atom. The number of amides is 3. The predicted octanol–water partition coefficient (Wildman–Crippen LogP) is 2.44. The largest absolute Gasteiger partial charge is 0.354 e. The molecule has 0 saturated carbocycles. The fourth-order valence-electron chi connectivity index (χ4n) is 4.32. The molecule has 2 N–H and O–H groups in total. The second kappa shape index (κ2) is 12.3. The maximum absolute atomic E-state index is 13.0. The smallest absolute Gasteiger partial charge is 0.242 e. The Hall–Kier alpha value is -1.95. The minimum absolute atomic E-state index is 0.0307. The standard InChI is InChI=1S/C23H33ClN4O5S2/c1-16(2)13-21(29)25-14-17-5-3-11-28(17)22(30)15-27-10-4-6-19(23(27)31)26-35(32,33)12-9-18-7-8-20(24)34-18/h7-9,12,16-17,19,26H,3-6,10-11,13-15H2,1-2H3,(H,25,29)/b12-9+/t17-,19+/m1/s1. The van der Waals surface area contributed by atoms with Gasteiger partial charge in [0.05, 0.1) is 10.9 Å². The number of nitrogens with zero attached hydrogens (tertiary/aromatic N) is 2. The van der Waals surface area contributed by atoms with E-state index in [-0.39, 0.29) is 30.3 Å².